The van der Waals surface area contributed by atoms with E-state index in [-0.39, 0.29) is 11.3 Å². The van der Waals surface area contributed by atoms with Crippen molar-refractivity contribution in [3.63, 3.8) is 0 Å². The maximum absolute atomic E-state index is 11.5. The molecule has 18 heavy (non-hydrogen) atoms. The van der Waals surface area contributed by atoms with Crippen LogP contribution in [0.25, 0.3) is 0 Å². The van der Waals surface area contributed by atoms with E-state index in [1.807, 2.05) is 0 Å². The number of benzene rings is 1. The fraction of sp³-hybridized carbons (Fsp3) is 0.533. The molecule has 0 radical (unpaired) electrons. The molecule has 0 bridgehead atoms. The molecule has 1 rings (SSSR count). The van der Waals surface area contributed by atoms with Crippen LogP contribution in [-0.4, -0.2) is 18.2 Å². The first-order valence-corrected chi connectivity index (χ1v) is 6.95. The Labute approximate surface area is 116 Å². The second-order valence-electron chi connectivity index (χ2n) is 5.45. The average Bonchev–Trinajstić information content (AvgIpc) is 2.30. The smallest absolute Gasteiger partial charge is 0.220 e. The minimum Gasteiger partial charge on any atom is -0.355 e. The maximum Gasteiger partial charge on any atom is 0.220 e. The van der Waals surface area contributed by atoms with Crippen LogP contribution >= 0.6 is 12.6 Å². The summed E-state index contributed by atoms with van der Waals surface area (Å²) in [6.07, 6.45) is 0.478. The normalized spacial score (nSPS) is 11.4. The van der Waals surface area contributed by atoms with Crippen LogP contribution in [0.15, 0.2) is 18.2 Å². The van der Waals surface area contributed by atoms with E-state index in [0.717, 1.165) is 0 Å². The van der Waals surface area contributed by atoms with Gasteiger partial charge in [-0.2, -0.15) is 12.6 Å². The van der Waals surface area contributed by atoms with Crippen molar-refractivity contribution in [1.82, 2.24) is 5.32 Å². The number of carbonyl (C=O) groups excluding carboxylic acids is 1. The lowest BCUT2D eigenvalue weighted by molar-refractivity contribution is -0.120. The Bertz CT molecular complexity index is 427. The zero-order valence-electron chi connectivity index (χ0n) is 11.7. The molecule has 2 nitrogen and oxygen atoms in total. The zero-order valence-corrected chi connectivity index (χ0v) is 12.6. The van der Waals surface area contributed by atoms with Crippen LogP contribution in [-0.2, 0) is 10.2 Å². The van der Waals surface area contributed by atoms with Gasteiger partial charge in [-0.05, 0) is 30.7 Å². The van der Waals surface area contributed by atoms with Gasteiger partial charge >= 0.3 is 0 Å². The Balaban J connectivity index is 2.79. The maximum atomic E-state index is 11.5. The van der Waals surface area contributed by atoms with E-state index >= 15 is 0 Å². The highest BCUT2D eigenvalue weighted by Gasteiger charge is 2.23. The first-order valence-electron chi connectivity index (χ1n) is 6.32. The molecular formula is C15H23NOS. The molecule has 0 aromatic heterocycles. The van der Waals surface area contributed by atoms with Crippen molar-refractivity contribution in [2.45, 2.75) is 39.5 Å². The quantitative estimate of drug-likeness (QED) is 0.787. The number of hydrogen-bond donors (Lipinski definition) is 2. The Morgan fingerprint density at radius 2 is 2.00 bits per heavy atom. The number of carbonyl (C=O) groups is 1. The van der Waals surface area contributed by atoms with Crippen LogP contribution in [0.5, 0.6) is 0 Å². The third-order valence-corrected chi connectivity index (χ3v) is 3.41. The molecule has 0 aliphatic rings. The summed E-state index contributed by atoms with van der Waals surface area (Å²) in [7, 11) is 0. The summed E-state index contributed by atoms with van der Waals surface area (Å²) in [5.41, 5.74) is 3.77. The van der Waals surface area contributed by atoms with E-state index in [1.165, 1.54) is 16.7 Å². The van der Waals surface area contributed by atoms with Crippen LogP contribution in [0.4, 0.5) is 0 Å². The Morgan fingerprint density at radius 3 is 2.61 bits per heavy atom. The van der Waals surface area contributed by atoms with Gasteiger partial charge in [0.1, 0.15) is 0 Å². The number of rotatable bonds is 5. The van der Waals surface area contributed by atoms with E-state index in [1.54, 1.807) is 0 Å². The molecule has 1 N–H and O–H groups in total. The van der Waals surface area contributed by atoms with Gasteiger partial charge in [0.25, 0.3) is 0 Å². The zero-order chi connectivity index (χ0) is 13.8. The molecule has 0 unspecified atom stereocenters. The molecule has 100 valence electrons. The number of nitrogens with one attached hydrogen (secondary N) is 1. The topological polar surface area (TPSA) is 29.1 Å². The van der Waals surface area contributed by atoms with E-state index in [0.29, 0.717) is 18.7 Å². The Kier molecular flexibility index (Phi) is 5.27. The van der Waals surface area contributed by atoms with Gasteiger partial charge < -0.3 is 5.32 Å². The SMILES string of the molecule is Cc1ccc(C)c(C(C)(C)CNC(=O)CCS)c1. The largest absolute Gasteiger partial charge is 0.355 e. The number of aryl methyl sites for hydroxylation is 2. The molecule has 0 saturated heterocycles. The summed E-state index contributed by atoms with van der Waals surface area (Å²) >= 11 is 4.06. The summed E-state index contributed by atoms with van der Waals surface area (Å²) in [6, 6.07) is 6.47. The van der Waals surface area contributed by atoms with E-state index in [4.69, 9.17) is 0 Å². The molecule has 0 saturated carbocycles. The molecule has 0 fully saturated rings. The molecule has 3 heteroatoms. The highest BCUT2D eigenvalue weighted by atomic mass is 32.1. The molecule has 1 aromatic carbocycles. The molecular weight excluding hydrogens is 242 g/mol. The number of thiol groups is 1. The molecule has 1 aromatic rings. The van der Waals surface area contributed by atoms with Gasteiger partial charge in [0.05, 0.1) is 0 Å². The second-order valence-corrected chi connectivity index (χ2v) is 5.90. The number of amides is 1. The van der Waals surface area contributed by atoms with Crippen molar-refractivity contribution < 1.29 is 4.79 Å². The Morgan fingerprint density at radius 1 is 1.33 bits per heavy atom. The first-order chi connectivity index (χ1) is 8.36. The molecule has 0 spiro atoms. The van der Waals surface area contributed by atoms with Gasteiger partial charge in [0, 0.05) is 18.4 Å². The van der Waals surface area contributed by atoms with Crippen molar-refractivity contribution in [3.05, 3.63) is 34.9 Å². The summed E-state index contributed by atoms with van der Waals surface area (Å²) in [5, 5.41) is 2.98. The molecule has 0 aliphatic heterocycles. The fourth-order valence-electron chi connectivity index (χ4n) is 2.07. The number of hydrogen-bond acceptors (Lipinski definition) is 2. The lowest BCUT2D eigenvalue weighted by Gasteiger charge is -2.28. The predicted molar refractivity (Wildman–Crippen MR) is 80.4 cm³/mol. The van der Waals surface area contributed by atoms with Gasteiger partial charge in [-0.1, -0.05) is 37.6 Å². The van der Waals surface area contributed by atoms with Gasteiger partial charge in [-0.3, -0.25) is 4.79 Å². The van der Waals surface area contributed by atoms with Crippen LogP contribution in [0.3, 0.4) is 0 Å². The monoisotopic (exact) mass is 265 g/mol. The minimum absolute atomic E-state index is 0.0532. The molecule has 0 atom stereocenters. The predicted octanol–water partition coefficient (Wildman–Crippen LogP) is 3.02. The van der Waals surface area contributed by atoms with Crippen molar-refractivity contribution in [2.24, 2.45) is 0 Å². The molecule has 1 amide bonds. The summed E-state index contributed by atoms with van der Waals surface area (Å²) < 4.78 is 0. The third-order valence-electron chi connectivity index (χ3n) is 3.19. The van der Waals surface area contributed by atoms with Gasteiger partial charge in [0.2, 0.25) is 5.91 Å². The lowest BCUT2D eigenvalue weighted by Crippen LogP contribution is -2.37. The van der Waals surface area contributed by atoms with E-state index in [9.17, 15) is 4.79 Å². The summed E-state index contributed by atoms with van der Waals surface area (Å²) in [5.74, 6) is 0.666. The fourth-order valence-corrected chi connectivity index (χ4v) is 2.27. The van der Waals surface area contributed by atoms with Gasteiger partial charge in [-0.25, -0.2) is 0 Å². The highest BCUT2D eigenvalue weighted by molar-refractivity contribution is 7.80. The lowest BCUT2D eigenvalue weighted by atomic mass is 9.81. The van der Waals surface area contributed by atoms with Crippen LogP contribution in [0.2, 0.25) is 0 Å². The minimum atomic E-state index is -0.0532. The molecule has 0 heterocycles. The second kappa shape index (κ2) is 6.28. The summed E-state index contributed by atoms with van der Waals surface area (Å²) in [4.78, 5) is 11.5. The van der Waals surface area contributed by atoms with Crippen molar-refractivity contribution in [3.8, 4) is 0 Å². The highest BCUT2D eigenvalue weighted by Crippen LogP contribution is 2.26. The standard InChI is InChI=1S/C15H23NOS/c1-11-5-6-12(2)13(9-11)15(3,4)10-16-14(17)7-8-18/h5-6,9,18H,7-8,10H2,1-4H3,(H,16,17). The third kappa shape index (κ3) is 4.05. The van der Waals surface area contributed by atoms with Gasteiger partial charge in [0.15, 0.2) is 0 Å². The van der Waals surface area contributed by atoms with Gasteiger partial charge in [-0.15, -0.1) is 0 Å². The average molecular weight is 265 g/mol. The van der Waals surface area contributed by atoms with Crippen molar-refractivity contribution in [2.75, 3.05) is 12.3 Å². The van der Waals surface area contributed by atoms with E-state index in [2.05, 4.69) is 63.8 Å². The van der Waals surface area contributed by atoms with Crippen LogP contribution in [0.1, 0.15) is 37.0 Å². The van der Waals surface area contributed by atoms with Crippen LogP contribution < -0.4 is 5.32 Å². The van der Waals surface area contributed by atoms with Crippen molar-refractivity contribution >= 4 is 18.5 Å². The van der Waals surface area contributed by atoms with Crippen LogP contribution in [0, 0.1) is 13.8 Å². The first kappa shape index (κ1) is 15.1. The van der Waals surface area contributed by atoms with E-state index < -0.39 is 0 Å². The summed E-state index contributed by atoms with van der Waals surface area (Å²) in [6.45, 7) is 9.19. The van der Waals surface area contributed by atoms with Crippen molar-refractivity contribution in [1.29, 1.82) is 0 Å². The Hall–Kier alpha value is -0.960. The molecule has 0 aliphatic carbocycles.